The minimum absolute atomic E-state index is 0.140. The van der Waals surface area contributed by atoms with Crippen LogP contribution >= 0.6 is 0 Å². The lowest BCUT2D eigenvalue weighted by Crippen LogP contribution is -2.16. The Morgan fingerprint density at radius 3 is 2.44 bits per heavy atom. The van der Waals surface area contributed by atoms with Crippen molar-refractivity contribution in [2.24, 2.45) is 0 Å². The van der Waals surface area contributed by atoms with Crippen LogP contribution in [0.3, 0.4) is 0 Å². The summed E-state index contributed by atoms with van der Waals surface area (Å²) in [7, 11) is 0. The molecule has 128 valence electrons. The molecule has 0 atom stereocenters. The van der Waals surface area contributed by atoms with Gasteiger partial charge >= 0.3 is 0 Å². The number of aromatic nitrogens is 2. The Kier molecular flexibility index (Phi) is 4.27. The van der Waals surface area contributed by atoms with Crippen molar-refractivity contribution in [3.63, 3.8) is 0 Å². The van der Waals surface area contributed by atoms with Crippen molar-refractivity contribution in [2.45, 2.75) is 27.7 Å². The minimum atomic E-state index is -0.349. The maximum atomic E-state index is 12.8. The third-order valence-electron chi connectivity index (χ3n) is 4.26. The molecule has 2 aromatic heterocycles. The van der Waals surface area contributed by atoms with Gasteiger partial charge in [-0.1, -0.05) is 35.5 Å². The smallest absolute Gasteiger partial charge is 0.262 e. The van der Waals surface area contributed by atoms with Crippen molar-refractivity contribution in [3.05, 3.63) is 58.5 Å². The fourth-order valence-corrected chi connectivity index (χ4v) is 2.66. The number of hydrogen-bond acceptors (Lipinski definition) is 5. The van der Waals surface area contributed by atoms with Crippen LogP contribution in [0.2, 0.25) is 0 Å². The molecule has 25 heavy (non-hydrogen) atoms. The number of hydrogen-bond donors (Lipinski definition) is 2. The van der Waals surface area contributed by atoms with Crippen LogP contribution in [0.15, 0.2) is 34.9 Å². The zero-order valence-electron chi connectivity index (χ0n) is 14.5. The topological polar surface area (TPSA) is 88.3 Å². The first kappa shape index (κ1) is 16.7. The molecule has 0 saturated carbocycles. The molecule has 0 radical (unpaired) electrons. The summed E-state index contributed by atoms with van der Waals surface area (Å²) >= 11 is 0. The Hall–Kier alpha value is -3.15. The number of nitrogens with one attached hydrogen (secondary N) is 1. The molecule has 0 aliphatic heterocycles. The van der Waals surface area contributed by atoms with Crippen molar-refractivity contribution < 1.29 is 14.4 Å². The number of aryl methyl sites for hydroxylation is 2. The first-order valence-electron chi connectivity index (χ1n) is 7.90. The lowest BCUT2D eigenvalue weighted by molar-refractivity contribution is 0.102. The van der Waals surface area contributed by atoms with Crippen molar-refractivity contribution in [2.75, 3.05) is 5.32 Å². The normalized spacial score (nSPS) is 10.7. The maximum Gasteiger partial charge on any atom is 0.262 e. The maximum absolute atomic E-state index is 12.8. The van der Waals surface area contributed by atoms with Crippen molar-refractivity contribution >= 4 is 11.7 Å². The van der Waals surface area contributed by atoms with Crippen LogP contribution in [-0.4, -0.2) is 21.2 Å². The van der Waals surface area contributed by atoms with Gasteiger partial charge in [0, 0.05) is 5.56 Å². The van der Waals surface area contributed by atoms with Gasteiger partial charge in [-0.15, -0.1) is 0 Å². The second-order valence-corrected chi connectivity index (χ2v) is 5.93. The van der Waals surface area contributed by atoms with Crippen LogP contribution in [0.1, 0.15) is 32.9 Å². The van der Waals surface area contributed by atoms with Gasteiger partial charge < -0.3 is 14.9 Å². The monoisotopic (exact) mass is 337 g/mol. The predicted octanol–water partition coefficient (Wildman–Crippen LogP) is 3.93. The van der Waals surface area contributed by atoms with Crippen LogP contribution in [0.5, 0.6) is 5.75 Å². The molecule has 1 aromatic carbocycles. The molecule has 3 aromatic rings. The molecule has 3 rings (SSSR count). The second-order valence-electron chi connectivity index (χ2n) is 5.93. The van der Waals surface area contributed by atoms with Crippen LogP contribution in [0.25, 0.3) is 11.3 Å². The lowest BCUT2D eigenvalue weighted by Gasteiger charge is -2.13. The molecule has 6 heteroatoms. The van der Waals surface area contributed by atoms with E-state index in [2.05, 4.69) is 15.5 Å². The number of pyridine rings is 1. The summed E-state index contributed by atoms with van der Waals surface area (Å²) in [6.45, 7) is 6.98. The van der Waals surface area contributed by atoms with Crippen molar-refractivity contribution in [3.8, 4) is 17.0 Å². The Morgan fingerprint density at radius 1 is 1.08 bits per heavy atom. The number of benzene rings is 1. The highest BCUT2D eigenvalue weighted by Gasteiger charge is 2.23. The Bertz CT molecular complexity index is 946. The van der Waals surface area contributed by atoms with Gasteiger partial charge in [0.05, 0.1) is 5.69 Å². The van der Waals surface area contributed by atoms with Crippen LogP contribution < -0.4 is 5.32 Å². The number of aromatic hydroxyl groups is 1. The van der Waals surface area contributed by atoms with Gasteiger partial charge in [0.15, 0.2) is 0 Å². The predicted molar refractivity (Wildman–Crippen MR) is 94.7 cm³/mol. The lowest BCUT2D eigenvalue weighted by atomic mass is 10.1. The highest BCUT2D eigenvalue weighted by molar-refractivity contribution is 6.08. The quantitative estimate of drug-likeness (QED) is 0.756. The number of carbonyl (C=O) groups is 1. The third kappa shape index (κ3) is 2.98. The number of anilines is 1. The highest BCUT2D eigenvalue weighted by Crippen LogP contribution is 2.29. The standard InChI is InChI=1S/C19H19N3O3/c1-10-11(2)18(20-12(3)17(10)23)21-19(24)15-13(4)25-22-16(15)14-8-6-5-7-9-14/h5-9,23H,1-4H3,(H,20,21,24). The number of amides is 1. The van der Waals surface area contributed by atoms with E-state index in [4.69, 9.17) is 4.52 Å². The van der Waals surface area contributed by atoms with Crippen molar-refractivity contribution in [1.82, 2.24) is 10.1 Å². The molecule has 0 bridgehead atoms. The fourth-order valence-electron chi connectivity index (χ4n) is 2.66. The summed E-state index contributed by atoms with van der Waals surface area (Å²) in [5.41, 5.74) is 3.52. The van der Waals surface area contributed by atoms with Gasteiger partial charge in [-0.3, -0.25) is 4.79 Å². The summed E-state index contributed by atoms with van der Waals surface area (Å²) in [5.74, 6) is 0.637. The van der Waals surface area contributed by atoms with E-state index in [1.165, 1.54) is 0 Å². The third-order valence-corrected chi connectivity index (χ3v) is 4.26. The summed E-state index contributed by atoms with van der Waals surface area (Å²) in [4.78, 5) is 17.1. The van der Waals surface area contributed by atoms with E-state index in [-0.39, 0.29) is 11.7 Å². The molecule has 0 unspecified atom stereocenters. The van der Waals surface area contributed by atoms with Crippen LogP contribution in [0.4, 0.5) is 5.82 Å². The summed E-state index contributed by atoms with van der Waals surface area (Å²) in [6, 6.07) is 9.38. The molecular formula is C19H19N3O3. The molecule has 0 spiro atoms. The average Bonchev–Trinajstić information content (AvgIpc) is 3.00. The summed E-state index contributed by atoms with van der Waals surface area (Å²) < 4.78 is 5.23. The number of rotatable bonds is 3. The zero-order valence-corrected chi connectivity index (χ0v) is 14.5. The molecule has 2 N–H and O–H groups in total. The molecule has 0 fully saturated rings. The van der Waals surface area contributed by atoms with Crippen molar-refractivity contribution in [1.29, 1.82) is 0 Å². The molecule has 6 nitrogen and oxygen atoms in total. The zero-order chi connectivity index (χ0) is 18.1. The van der Waals surface area contributed by atoms with E-state index in [1.807, 2.05) is 30.3 Å². The molecule has 1 amide bonds. The molecule has 0 aliphatic carbocycles. The van der Waals surface area contributed by atoms with E-state index < -0.39 is 0 Å². The van der Waals surface area contributed by atoms with Gasteiger partial charge in [-0.25, -0.2) is 4.98 Å². The van der Waals surface area contributed by atoms with E-state index in [9.17, 15) is 9.90 Å². The van der Waals surface area contributed by atoms with Gasteiger partial charge in [-0.2, -0.15) is 0 Å². The van der Waals surface area contributed by atoms with E-state index in [1.54, 1.807) is 27.7 Å². The Labute approximate surface area is 145 Å². The molecule has 2 heterocycles. The van der Waals surface area contributed by atoms with Gasteiger partial charge in [-0.05, 0) is 38.8 Å². The molecular weight excluding hydrogens is 318 g/mol. The van der Waals surface area contributed by atoms with Gasteiger partial charge in [0.1, 0.15) is 28.6 Å². The second kappa shape index (κ2) is 6.39. The number of nitrogens with zero attached hydrogens (tertiary/aromatic N) is 2. The van der Waals surface area contributed by atoms with Crippen LogP contribution in [0, 0.1) is 27.7 Å². The Morgan fingerprint density at radius 2 is 1.76 bits per heavy atom. The van der Waals surface area contributed by atoms with E-state index in [0.717, 1.165) is 5.56 Å². The summed E-state index contributed by atoms with van der Waals surface area (Å²) in [5, 5.41) is 16.8. The van der Waals surface area contributed by atoms with E-state index in [0.29, 0.717) is 39.7 Å². The first-order chi connectivity index (χ1) is 11.9. The number of carbonyl (C=O) groups excluding carboxylic acids is 1. The van der Waals surface area contributed by atoms with E-state index >= 15 is 0 Å². The molecule has 0 saturated heterocycles. The fraction of sp³-hybridized carbons (Fsp3) is 0.211. The summed E-state index contributed by atoms with van der Waals surface area (Å²) in [6.07, 6.45) is 0. The first-order valence-corrected chi connectivity index (χ1v) is 7.90. The Balaban J connectivity index is 2.00. The van der Waals surface area contributed by atoms with Gasteiger partial charge in [0.2, 0.25) is 0 Å². The van der Waals surface area contributed by atoms with Gasteiger partial charge in [0.25, 0.3) is 5.91 Å². The highest BCUT2D eigenvalue weighted by atomic mass is 16.5. The SMILES string of the molecule is Cc1nc(NC(=O)c2c(-c3ccccc3)noc2C)c(C)c(C)c1O. The largest absolute Gasteiger partial charge is 0.506 e. The van der Waals surface area contributed by atoms with Crippen LogP contribution in [-0.2, 0) is 0 Å². The minimum Gasteiger partial charge on any atom is -0.506 e. The average molecular weight is 337 g/mol. The molecule has 0 aliphatic rings.